The van der Waals surface area contributed by atoms with E-state index in [2.05, 4.69) is 28.1 Å². The Hall–Kier alpha value is -0.500. The Kier molecular flexibility index (Phi) is 24.9. The third-order valence-electron chi connectivity index (χ3n) is 6.67. The maximum absolute atomic E-state index is 12.1. The molecule has 0 amide bonds. The van der Waals surface area contributed by atoms with Crippen LogP contribution in [0.4, 0.5) is 0 Å². The van der Waals surface area contributed by atoms with E-state index in [0.29, 0.717) is 13.0 Å². The molecule has 0 aliphatic heterocycles. The fraction of sp³-hybridized carbons (Fsp3) is 0.967. The van der Waals surface area contributed by atoms with E-state index in [1.165, 1.54) is 84.0 Å². The van der Waals surface area contributed by atoms with Crippen LogP contribution < -0.4 is 4.89 Å². The van der Waals surface area contributed by atoms with Crippen LogP contribution in [0.3, 0.4) is 0 Å². The molecule has 0 N–H and O–H groups in total. The molecule has 9 heteroatoms. The van der Waals surface area contributed by atoms with E-state index in [0.717, 1.165) is 43.1 Å². The largest absolute Gasteiger partial charge is 0.756 e. The van der Waals surface area contributed by atoms with Crippen LogP contribution in [0.5, 0.6) is 0 Å². The first-order valence-corrected chi connectivity index (χ1v) is 17.2. The van der Waals surface area contributed by atoms with E-state index in [-0.39, 0.29) is 19.8 Å². The van der Waals surface area contributed by atoms with E-state index < -0.39 is 19.9 Å². The minimum absolute atomic E-state index is 0.0962. The van der Waals surface area contributed by atoms with Crippen LogP contribution in [0.2, 0.25) is 0 Å². The summed E-state index contributed by atoms with van der Waals surface area (Å²) in [5, 5.41) is 0. The molecule has 234 valence electrons. The van der Waals surface area contributed by atoms with Gasteiger partial charge in [0, 0.05) is 13.5 Å². The number of hydrogen-bond acceptors (Lipinski definition) is 7. The molecule has 0 saturated carbocycles. The Labute approximate surface area is 240 Å². The fourth-order valence-electron chi connectivity index (χ4n) is 4.39. The second kappa shape index (κ2) is 25.2. The van der Waals surface area contributed by atoms with Gasteiger partial charge in [0.1, 0.15) is 6.10 Å². The molecule has 8 nitrogen and oxygen atoms in total. The van der Waals surface area contributed by atoms with Gasteiger partial charge >= 0.3 is 5.97 Å². The van der Waals surface area contributed by atoms with Crippen LogP contribution in [0.25, 0.3) is 0 Å². The molecule has 0 heterocycles. The zero-order valence-electron chi connectivity index (χ0n) is 26.1. The number of carbonyl (C=O) groups is 1. The van der Waals surface area contributed by atoms with Crippen LogP contribution in [0, 0.1) is 0 Å². The number of nitrogens with zero attached hydrogens (tertiary/aromatic N) is 1. The molecule has 0 spiro atoms. The number of ether oxygens (including phenoxy) is 2. The summed E-state index contributed by atoms with van der Waals surface area (Å²) in [7, 11) is 2.02. The van der Waals surface area contributed by atoms with Crippen molar-refractivity contribution in [2.24, 2.45) is 0 Å². The van der Waals surface area contributed by atoms with Gasteiger partial charge in [-0.2, -0.15) is 0 Å². The molecule has 0 aromatic heterocycles. The summed E-state index contributed by atoms with van der Waals surface area (Å²) in [6.07, 6.45) is 21.0. The zero-order chi connectivity index (χ0) is 29.2. The van der Waals surface area contributed by atoms with Gasteiger partial charge in [-0.15, -0.1) is 0 Å². The van der Waals surface area contributed by atoms with Crippen molar-refractivity contribution >= 4 is 13.8 Å². The van der Waals surface area contributed by atoms with Gasteiger partial charge < -0.3 is 27.9 Å². The van der Waals surface area contributed by atoms with Gasteiger partial charge in [-0.25, -0.2) is 0 Å². The summed E-state index contributed by atoms with van der Waals surface area (Å²) in [6, 6.07) is 0. The molecular formula is C30H62NO7P. The minimum Gasteiger partial charge on any atom is -0.756 e. The van der Waals surface area contributed by atoms with Gasteiger partial charge in [-0.3, -0.25) is 9.36 Å². The van der Waals surface area contributed by atoms with E-state index in [4.69, 9.17) is 18.5 Å². The Bertz CT molecular complexity index is 613. The minimum atomic E-state index is -4.45. The lowest BCUT2D eigenvalue weighted by atomic mass is 10.0. The van der Waals surface area contributed by atoms with Crippen LogP contribution in [-0.4, -0.2) is 70.7 Å². The topological polar surface area (TPSA) is 94.1 Å². The van der Waals surface area contributed by atoms with E-state index in [9.17, 15) is 14.3 Å². The van der Waals surface area contributed by atoms with Crippen molar-refractivity contribution in [2.75, 3.05) is 54.1 Å². The lowest BCUT2D eigenvalue weighted by Gasteiger charge is -2.25. The SMILES string of the molecule is CCCCCCCCCCCCCCCCOC[C@@H](COP(=O)([O-])OCCCCCC[N+](C)(C)C)OC(C)=O. The third kappa shape index (κ3) is 30.3. The smallest absolute Gasteiger partial charge is 0.303 e. The first kappa shape index (κ1) is 38.5. The van der Waals surface area contributed by atoms with Crippen molar-refractivity contribution in [3.63, 3.8) is 0 Å². The second-order valence-corrected chi connectivity index (χ2v) is 13.3. The van der Waals surface area contributed by atoms with Crippen molar-refractivity contribution < 1.29 is 37.3 Å². The Balaban J connectivity index is 3.80. The highest BCUT2D eigenvalue weighted by Crippen LogP contribution is 2.38. The number of rotatable bonds is 29. The average molecular weight is 580 g/mol. The molecule has 0 bridgehead atoms. The van der Waals surface area contributed by atoms with E-state index >= 15 is 0 Å². The average Bonchev–Trinajstić information content (AvgIpc) is 2.85. The maximum Gasteiger partial charge on any atom is 0.303 e. The molecular weight excluding hydrogens is 517 g/mol. The van der Waals surface area contributed by atoms with Gasteiger partial charge in [-0.1, -0.05) is 96.8 Å². The first-order chi connectivity index (χ1) is 18.6. The molecule has 0 aliphatic carbocycles. The van der Waals surface area contributed by atoms with Crippen LogP contribution >= 0.6 is 7.82 Å². The maximum atomic E-state index is 12.1. The molecule has 0 aromatic carbocycles. The summed E-state index contributed by atoms with van der Waals surface area (Å²) < 4.78 is 33.7. The van der Waals surface area contributed by atoms with Crippen LogP contribution in [0.15, 0.2) is 0 Å². The molecule has 0 aromatic rings. The van der Waals surface area contributed by atoms with Gasteiger partial charge in [0.15, 0.2) is 0 Å². The predicted octanol–water partition coefficient (Wildman–Crippen LogP) is 7.18. The molecule has 1 unspecified atom stereocenters. The molecule has 2 atom stereocenters. The summed E-state index contributed by atoms with van der Waals surface area (Å²) in [4.78, 5) is 23.5. The van der Waals surface area contributed by atoms with Crippen molar-refractivity contribution in [3.05, 3.63) is 0 Å². The van der Waals surface area contributed by atoms with Crippen molar-refractivity contribution in [1.29, 1.82) is 0 Å². The third-order valence-corrected chi connectivity index (χ3v) is 7.63. The van der Waals surface area contributed by atoms with Gasteiger partial charge in [0.25, 0.3) is 7.82 Å². The number of hydrogen-bond donors (Lipinski definition) is 0. The Morgan fingerprint density at radius 2 is 1.15 bits per heavy atom. The Morgan fingerprint density at radius 3 is 1.64 bits per heavy atom. The summed E-state index contributed by atoms with van der Waals surface area (Å²) in [5.74, 6) is -0.501. The normalized spacial score (nSPS) is 14.3. The van der Waals surface area contributed by atoms with Crippen LogP contribution in [-0.2, 0) is 27.9 Å². The molecule has 0 fully saturated rings. The van der Waals surface area contributed by atoms with E-state index in [1.807, 2.05) is 0 Å². The number of quaternary nitrogens is 1. The predicted molar refractivity (Wildman–Crippen MR) is 158 cm³/mol. The lowest BCUT2D eigenvalue weighted by molar-refractivity contribution is -0.870. The van der Waals surface area contributed by atoms with Gasteiger partial charge in [-0.05, 0) is 25.7 Å². The Morgan fingerprint density at radius 1 is 0.692 bits per heavy atom. The van der Waals surface area contributed by atoms with Gasteiger partial charge in [0.2, 0.25) is 0 Å². The molecule has 39 heavy (non-hydrogen) atoms. The van der Waals surface area contributed by atoms with E-state index in [1.54, 1.807) is 0 Å². The highest BCUT2D eigenvalue weighted by molar-refractivity contribution is 7.45. The fourth-order valence-corrected chi connectivity index (χ4v) is 5.17. The molecule has 0 saturated heterocycles. The summed E-state index contributed by atoms with van der Waals surface area (Å²) in [5.41, 5.74) is 0. The quantitative estimate of drug-likeness (QED) is 0.0401. The number of esters is 1. The molecule has 0 radical (unpaired) electrons. The zero-order valence-corrected chi connectivity index (χ0v) is 27.0. The number of carbonyl (C=O) groups excluding carboxylic acids is 1. The van der Waals surface area contributed by atoms with Gasteiger partial charge in [0.05, 0.1) is 47.5 Å². The first-order valence-electron chi connectivity index (χ1n) is 15.7. The number of phosphoric ester groups is 1. The summed E-state index contributed by atoms with van der Waals surface area (Å²) >= 11 is 0. The summed E-state index contributed by atoms with van der Waals surface area (Å²) in [6.45, 7) is 5.08. The molecule has 0 aliphatic rings. The van der Waals surface area contributed by atoms with Crippen molar-refractivity contribution in [2.45, 2.75) is 136 Å². The van der Waals surface area contributed by atoms with Crippen LogP contribution in [0.1, 0.15) is 129 Å². The van der Waals surface area contributed by atoms with Crippen molar-refractivity contribution in [3.8, 4) is 0 Å². The highest BCUT2D eigenvalue weighted by atomic mass is 31.2. The second-order valence-electron chi connectivity index (χ2n) is 11.9. The standard InChI is InChI=1S/C30H62NO7P/c1-6-7-8-9-10-11-12-13-14-15-16-17-19-22-25-35-27-30(38-29(2)32)28-37-39(33,34)36-26-23-20-18-21-24-31(3,4)5/h30H,6-28H2,1-5H3/t30-/m0/s1. The monoisotopic (exact) mass is 579 g/mol. The van der Waals surface area contributed by atoms with Crippen molar-refractivity contribution in [1.82, 2.24) is 0 Å². The molecule has 0 rings (SSSR count). The number of phosphoric acid groups is 1. The number of unbranched alkanes of at least 4 members (excludes halogenated alkanes) is 16. The highest BCUT2D eigenvalue weighted by Gasteiger charge is 2.18. The lowest BCUT2D eigenvalue weighted by Crippen LogP contribution is -2.35.